The summed E-state index contributed by atoms with van der Waals surface area (Å²) >= 11 is 0. The van der Waals surface area contributed by atoms with Gasteiger partial charge in [-0.25, -0.2) is 0 Å². The summed E-state index contributed by atoms with van der Waals surface area (Å²) in [4.78, 5) is 10.0. The first-order valence-electron chi connectivity index (χ1n) is 4.83. The average molecular weight is 214 g/mol. The fourth-order valence-electron chi connectivity index (χ4n) is 1.03. The van der Waals surface area contributed by atoms with E-state index in [4.69, 9.17) is 11.5 Å². The van der Waals surface area contributed by atoms with Gasteiger partial charge in [0.25, 0.3) is 0 Å². The van der Waals surface area contributed by atoms with Gasteiger partial charge < -0.3 is 11.5 Å². The molecule has 82 valence electrons. The number of hydrogen-bond donors (Lipinski definition) is 2. The number of carbonyl (C=O) groups excluding carboxylic acids is 1. The first kappa shape index (κ1) is 11.8. The molecular formula is C13H14N2O. The standard InChI is InChI=1S/C7H6O.C6H8N2/c8-6-7-4-2-1-3-5-7;7-5-1-2-6(8)4-3-5/h1-6H;1-4H,7-8H2. The van der Waals surface area contributed by atoms with Crippen molar-refractivity contribution in [1.29, 1.82) is 0 Å². The number of nitrogens with two attached hydrogens (primary N) is 2. The minimum atomic E-state index is 0.729. The Morgan fingerprint density at radius 2 is 1.19 bits per heavy atom. The number of carbonyl (C=O) groups is 1. The first-order valence-corrected chi connectivity index (χ1v) is 4.83. The summed E-state index contributed by atoms with van der Waals surface area (Å²) in [6, 6.07) is 16.2. The summed E-state index contributed by atoms with van der Waals surface area (Å²) in [5.74, 6) is 0. The van der Waals surface area contributed by atoms with Crippen LogP contribution in [0.2, 0.25) is 0 Å². The zero-order chi connectivity index (χ0) is 11.8. The molecule has 0 aliphatic carbocycles. The molecule has 0 aromatic heterocycles. The van der Waals surface area contributed by atoms with Crippen LogP contribution in [-0.4, -0.2) is 6.29 Å². The maximum Gasteiger partial charge on any atom is 0.150 e. The van der Waals surface area contributed by atoms with Gasteiger partial charge in [0.2, 0.25) is 0 Å². The third kappa shape index (κ3) is 4.28. The topological polar surface area (TPSA) is 69.1 Å². The van der Waals surface area contributed by atoms with Crippen LogP contribution >= 0.6 is 0 Å². The molecule has 2 rings (SSSR count). The third-order valence-corrected chi connectivity index (χ3v) is 1.87. The normalized spacial score (nSPS) is 8.75. The van der Waals surface area contributed by atoms with Crippen molar-refractivity contribution in [3.05, 3.63) is 60.2 Å². The Hall–Kier alpha value is -2.29. The Balaban J connectivity index is 0.000000160. The van der Waals surface area contributed by atoms with Crippen molar-refractivity contribution in [3.63, 3.8) is 0 Å². The van der Waals surface area contributed by atoms with Crippen LogP contribution in [0, 0.1) is 0 Å². The summed E-state index contributed by atoms with van der Waals surface area (Å²) in [6.07, 6.45) is 0.833. The van der Waals surface area contributed by atoms with Gasteiger partial charge >= 0.3 is 0 Å². The SMILES string of the molecule is Nc1ccc(N)cc1.O=Cc1ccccc1. The van der Waals surface area contributed by atoms with E-state index in [0.29, 0.717) is 0 Å². The second-order valence-electron chi connectivity index (χ2n) is 3.20. The van der Waals surface area contributed by atoms with Crippen LogP contribution in [0.25, 0.3) is 0 Å². The minimum Gasteiger partial charge on any atom is -0.399 e. The van der Waals surface area contributed by atoms with E-state index < -0.39 is 0 Å². The molecule has 0 heterocycles. The molecule has 16 heavy (non-hydrogen) atoms. The lowest BCUT2D eigenvalue weighted by Crippen LogP contribution is -1.86. The number of anilines is 2. The van der Waals surface area contributed by atoms with E-state index in [2.05, 4.69) is 0 Å². The lowest BCUT2D eigenvalue weighted by atomic mass is 10.2. The van der Waals surface area contributed by atoms with Gasteiger partial charge in [0.15, 0.2) is 0 Å². The van der Waals surface area contributed by atoms with Crippen molar-refractivity contribution in [2.75, 3.05) is 11.5 Å². The smallest absolute Gasteiger partial charge is 0.150 e. The Bertz CT molecular complexity index is 402. The largest absolute Gasteiger partial charge is 0.399 e. The number of nitrogen functional groups attached to an aromatic ring is 2. The summed E-state index contributed by atoms with van der Waals surface area (Å²) in [5, 5.41) is 0. The molecule has 0 fully saturated rings. The van der Waals surface area contributed by atoms with E-state index in [9.17, 15) is 4.79 Å². The second-order valence-corrected chi connectivity index (χ2v) is 3.20. The summed E-state index contributed by atoms with van der Waals surface area (Å²) in [6.45, 7) is 0. The maximum absolute atomic E-state index is 10.0. The molecule has 0 saturated carbocycles. The molecule has 0 aliphatic rings. The molecular weight excluding hydrogens is 200 g/mol. The Morgan fingerprint density at radius 3 is 1.50 bits per heavy atom. The van der Waals surface area contributed by atoms with E-state index in [1.807, 2.05) is 18.2 Å². The molecule has 0 spiro atoms. The van der Waals surface area contributed by atoms with E-state index in [-0.39, 0.29) is 0 Å². The lowest BCUT2D eigenvalue weighted by molar-refractivity contribution is 0.112. The van der Waals surface area contributed by atoms with Crippen molar-refractivity contribution in [3.8, 4) is 0 Å². The van der Waals surface area contributed by atoms with Crippen LogP contribution < -0.4 is 11.5 Å². The molecule has 4 N–H and O–H groups in total. The highest BCUT2D eigenvalue weighted by molar-refractivity contribution is 5.74. The van der Waals surface area contributed by atoms with Gasteiger partial charge in [-0.2, -0.15) is 0 Å². The molecule has 2 aromatic rings. The zero-order valence-electron chi connectivity index (χ0n) is 8.84. The molecule has 2 aromatic carbocycles. The van der Waals surface area contributed by atoms with Crippen LogP contribution in [0.4, 0.5) is 11.4 Å². The number of rotatable bonds is 1. The highest BCUT2D eigenvalue weighted by Crippen LogP contribution is 2.04. The quantitative estimate of drug-likeness (QED) is 0.565. The summed E-state index contributed by atoms with van der Waals surface area (Å²) in [7, 11) is 0. The number of aldehydes is 1. The van der Waals surface area contributed by atoms with E-state index >= 15 is 0 Å². The van der Waals surface area contributed by atoms with Crippen LogP contribution in [0.15, 0.2) is 54.6 Å². The molecule has 3 nitrogen and oxygen atoms in total. The summed E-state index contributed by atoms with van der Waals surface area (Å²) < 4.78 is 0. The van der Waals surface area contributed by atoms with E-state index in [1.54, 1.807) is 36.4 Å². The molecule has 0 atom stereocenters. The molecule has 3 heteroatoms. The molecule has 0 aliphatic heterocycles. The third-order valence-electron chi connectivity index (χ3n) is 1.87. The first-order chi connectivity index (χ1) is 7.72. The Labute approximate surface area is 94.7 Å². The van der Waals surface area contributed by atoms with E-state index in [1.165, 1.54) is 0 Å². The minimum absolute atomic E-state index is 0.729. The van der Waals surface area contributed by atoms with Gasteiger partial charge in [-0.05, 0) is 24.3 Å². The predicted octanol–water partition coefficient (Wildman–Crippen LogP) is 2.35. The van der Waals surface area contributed by atoms with Crippen LogP contribution in [0.1, 0.15) is 10.4 Å². The molecule has 0 bridgehead atoms. The van der Waals surface area contributed by atoms with Gasteiger partial charge in [-0.1, -0.05) is 30.3 Å². The fraction of sp³-hybridized carbons (Fsp3) is 0. The highest BCUT2D eigenvalue weighted by Gasteiger charge is 1.81. The number of benzene rings is 2. The van der Waals surface area contributed by atoms with Crippen LogP contribution in [0.5, 0.6) is 0 Å². The van der Waals surface area contributed by atoms with Gasteiger partial charge in [-0.3, -0.25) is 4.79 Å². The average Bonchev–Trinajstić information content (AvgIpc) is 2.35. The summed E-state index contributed by atoms with van der Waals surface area (Å²) in [5.41, 5.74) is 13.0. The zero-order valence-corrected chi connectivity index (χ0v) is 8.84. The van der Waals surface area contributed by atoms with Crippen molar-refractivity contribution in [2.24, 2.45) is 0 Å². The fourth-order valence-corrected chi connectivity index (χ4v) is 1.03. The van der Waals surface area contributed by atoms with Crippen molar-refractivity contribution in [2.45, 2.75) is 0 Å². The van der Waals surface area contributed by atoms with Gasteiger partial charge in [0, 0.05) is 16.9 Å². The molecule has 0 amide bonds. The van der Waals surface area contributed by atoms with Crippen molar-refractivity contribution < 1.29 is 4.79 Å². The van der Waals surface area contributed by atoms with Gasteiger partial charge in [0.1, 0.15) is 6.29 Å². The lowest BCUT2D eigenvalue weighted by Gasteiger charge is -1.90. The highest BCUT2D eigenvalue weighted by atomic mass is 16.1. The Morgan fingerprint density at radius 1 is 0.750 bits per heavy atom. The monoisotopic (exact) mass is 214 g/mol. The van der Waals surface area contributed by atoms with Crippen molar-refractivity contribution >= 4 is 17.7 Å². The molecule has 0 radical (unpaired) electrons. The Kier molecular flexibility index (Phi) is 4.60. The number of hydrogen-bond acceptors (Lipinski definition) is 3. The predicted molar refractivity (Wildman–Crippen MR) is 67.1 cm³/mol. The maximum atomic E-state index is 10.0. The van der Waals surface area contributed by atoms with Crippen LogP contribution in [0.3, 0.4) is 0 Å². The molecule has 0 unspecified atom stereocenters. The van der Waals surface area contributed by atoms with Gasteiger partial charge in [0.05, 0.1) is 0 Å². The molecule has 0 saturated heterocycles. The van der Waals surface area contributed by atoms with Gasteiger partial charge in [-0.15, -0.1) is 0 Å². The van der Waals surface area contributed by atoms with E-state index in [0.717, 1.165) is 23.2 Å². The van der Waals surface area contributed by atoms with Crippen LogP contribution in [-0.2, 0) is 0 Å². The second kappa shape index (κ2) is 6.24. The van der Waals surface area contributed by atoms with Crippen molar-refractivity contribution in [1.82, 2.24) is 0 Å².